The Morgan fingerprint density at radius 3 is 2.53 bits per heavy atom. The zero-order valence-electron chi connectivity index (χ0n) is 9.58. The molecule has 2 N–H and O–H groups in total. The second-order valence-electron chi connectivity index (χ2n) is 4.37. The van der Waals surface area contributed by atoms with Gasteiger partial charge >= 0.3 is 0 Å². The Morgan fingerprint density at radius 1 is 1.47 bits per heavy atom. The highest BCUT2D eigenvalue weighted by Gasteiger charge is 2.33. The van der Waals surface area contributed by atoms with Crippen molar-refractivity contribution in [2.24, 2.45) is 0 Å². The molecule has 1 rings (SSSR count). The van der Waals surface area contributed by atoms with Gasteiger partial charge in [0.2, 0.25) is 5.91 Å². The van der Waals surface area contributed by atoms with Crippen LogP contribution in [0, 0.1) is 0 Å². The van der Waals surface area contributed by atoms with Gasteiger partial charge in [-0.1, -0.05) is 19.3 Å². The number of aliphatic hydroxyl groups excluding tert-OH is 1. The van der Waals surface area contributed by atoms with Crippen molar-refractivity contribution < 1.29 is 14.6 Å². The zero-order valence-corrected chi connectivity index (χ0v) is 9.58. The summed E-state index contributed by atoms with van der Waals surface area (Å²) in [7, 11) is 1.51. The molecule has 0 spiro atoms. The van der Waals surface area contributed by atoms with Crippen molar-refractivity contribution in [2.75, 3.05) is 13.7 Å². The number of carbonyl (C=O) groups excluding carboxylic acids is 1. The van der Waals surface area contributed by atoms with E-state index >= 15 is 0 Å². The zero-order chi connectivity index (χ0) is 11.3. The number of methoxy groups -OCH3 is 1. The van der Waals surface area contributed by atoms with E-state index in [4.69, 9.17) is 4.74 Å². The van der Waals surface area contributed by atoms with Gasteiger partial charge in [-0.15, -0.1) is 0 Å². The maximum atomic E-state index is 11.7. The summed E-state index contributed by atoms with van der Waals surface area (Å²) >= 11 is 0. The van der Waals surface area contributed by atoms with E-state index in [-0.39, 0.29) is 12.5 Å². The molecule has 4 nitrogen and oxygen atoms in total. The van der Waals surface area contributed by atoms with Crippen molar-refractivity contribution in [1.29, 1.82) is 0 Å². The number of aliphatic hydroxyl groups is 1. The molecule has 1 aliphatic carbocycles. The molecule has 0 aliphatic heterocycles. The minimum Gasteiger partial charge on any atom is -0.394 e. The van der Waals surface area contributed by atoms with Crippen LogP contribution in [0.5, 0.6) is 0 Å². The van der Waals surface area contributed by atoms with E-state index in [9.17, 15) is 9.90 Å². The maximum Gasteiger partial charge on any atom is 0.249 e. The normalized spacial score (nSPS) is 22.1. The molecular formula is C11H21NO3. The molecule has 1 saturated carbocycles. The first-order chi connectivity index (χ1) is 7.13. The fourth-order valence-corrected chi connectivity index (χ4v) is 2.02. The van der Waals surface area contributed by atoms with Crippen LogP contribution in [0.1, 0.15) is 39.0 Å². The second kappa shape index (κ2) is 5.47. The monoisotopic (exact) mass is 215 g/mol. The molecule has 0 aromatic heterocycles. The topological polar surface area (TPSA) is 58.6 Å². The van der Waals surface area contributed by atoms with Gasteiger partial charge in [-0.05, 0) is 19.8 Å². The van der Waals surface area contributed by atoms with E-state index in [1.165, 1.54) is 13.5 Å². The summed E-state index contributed by atoms with van der Waals surface area (Å²) in [5.74, 6) is -0.131. The van der Waals surface area contributed by atoms with Crippen molar-refractivity contribution in [2.45, 2.75) is 50.7 Å². The molecule has 4 heteroatoms. The predicted molar refractivity (Wildman–Crippen MR) is 57.5 cm³/mol. The van der Waals surface area contributed by atoms with Crippen LogP contribution in [0.2, 0.25) is 0 Å². The van der Waals surface area contributed by atoms with E-state index < -0.39 is 11.6 Å². The molecule has 1 atom stereocenters. The molecule has 15 heavy (non-hydrogen) atoms. The van der Waals surface area contributed by atoms with E-state index in [2.05, 4.69) is 5.32 Å². The first-order valence-corrected chi connectivity index (χ1v) is 5.59. The summed E-state index contributed by atoms with van der Waals surface area (Å²) in [6, 6.07) is 0. The highest BCUT2D eigenvalue weighted by atomic mass is 16.5. The van der Waals surface area contributed by atoms with Gasteiger partial charge in [0.25, 0.3) is 0 Å². The maximum absolute atomic E-state index is 11.7. The molecule has 1 amide bonds. The molecule has 88 valence electrons. The van der Waals surface area contributed by atoms with E-state index in [1.54, 1.807) is 6.92 Å². The fourth-order valence-electron chi connectivity index (χ4n) is 2.02. The summed E-state index contributed by atoms with van der Waals surface area (Å²) in [6.45, 7) is 1.73. The molecule has 0 bridgehead atoms. The standard InChI is InChI=1S/C11H21NO3/c1-9(15-2)10(14)12-11(8-13)6-4-3-5-7-11/h9,13H,3-8H2,1-2H3,(H,12,14). The van der Waals surface area contributed by atoms with E-state index in [1.807, 2.05) is 0 Å². The molecule has 0 aromatic carbocycles. The Morgan fingerprint density at radius 2 is 2.07 bits per heavy atom. The first-order valence-electron chi connectivity index (χ1n) is 5.59. The van der Waals surface area contributed by atoms with Crippen molar-refractivity contribution in [3.8, 4) is 0 Å². The summed E-state index contributed by atoms with van der Waals surface area (Å²) in [5.41, 5.74) is -0.401. The number of amides is 1. The minimum atomic E-state index is -0.449. The van der Waals surface area contributed by atoms with Crippen LogP contribution in [0.15, 0.2) is 0 Å². The SMILES string of the molecule is COC(C)C(=O)NC1(CO)CCCCC1. The van der Waals surface area contributed by atoms with Gasteiger partial charge in [0, 0.05) is 7.11 Å². The van der Waals surface area contributed by atoms with Crippen molar-refractivity contribution in [1.82, 2.24) is 5.32 Å². The smallest absolute Gasteiger partial charge is 0.249 e. The molecule has 0 heterocycles. The lowest BCUT2D eigenvalue weighted by atomic mass is 9.82. The predicted octanol–water partition coefficient (Wildman–Crippen LogP) is 0.833. The van der Waals surface area contributed by atoms with Crippen molar-refractivity contribution >= 4 is 5.91 Å². The molecule has 1 aliphatic rings. The second-order valence-corrected chi connectivity index (χ2v) is 4.37. The first kappa shape index (κ1) is 12.5. The van der Waals surface area contributed by atoms with Gasteiger partial charge in [-0.25, -0.2) is 0 Å². The minimum absolute atomic E-state index is 0.0230. The van der Waals surface area contributed by atoms with Crippen molar-refractivity contribution in [3.05, 3.63) is 0 Å². The Labute approximate surface area is 91.0 Å². The van der Waals surface area contributed by atoms with Crippen molar-refractivity contribution in [3.63, 3.8) is 0 Å². The lowest BCUT2D eigenvalue weighted by Crippen LogP contribution is -2.55. The van der Waals surface area contributed by atoms with Crippen LogP contribution >= 0.6 is 0 Å². The average Bonchev–Trinajstić information content (AvgIpc) is 2.29. The van der Waals surface area contributed by atoms with E-state index in [0.717, 1.165) is 25.7 Å². The number of hydrogen-bond donors (Lipinski definition) is 2. The Hall–Kier alpha value is -0.610. The van der Waals surface area contributed by atoms with Gasteiger partial charge in [-0.3, -0.25) is 4.79 Å². The molecule has 1 fully saturated rings. The summed E-state index contributed by atoms with van der Waals surface area (Å²) in [5, 5.41) is 12.3. The Kier molecular flexibility index (Phi) is 4.54. The van der Waals surface area contributed by atoms with Gasteiger partial charge in [0.1, 0.15) is 6.10 Å². The third-order valence-corrected chi connectivity index (χ3v) is 3.22. The fraction of sp³-hybridized carbons (Fsp3) is 0.909. The summed E-state index contributed by atoms with van der Waals surface area (Å²) in [6.07, 6.45) is 4.62. The third kappa shape index (κ3) is 3.18. The highest BCUT2D eigenvalue weighted by Crippen LogP contribution is 2.27. The molecule has 0 saturated heterocycles. The summed E-state index contributed by atoms with van der Waals surface area (Å²) in [4.78, 5) is 11.7. The van der Waals surface area contributed by atoms with Gasteiger partial charge in [0.05, 0.1) is 12.1 Å². The van der Waals surface area contributed by atoms with Crippen LogP contribution in [-0.4, -0.2) is 36.4 Å². The van der Waals surface area contributed by atoms with Crippen LogP contribution in [0.4, 0.5) is 0 Å². The quantitative estimate of drug-likeness (QED) is 0.730. The third-order valence-electron chi connectivity index (χ3n) is 3.22. The Bertz CT molecular complexity index is 212. The lowest BCUT2D eigenvalue weighted by Gasteiger charge is -2.37. The lowest BCUT2D eigenvalue weighted by molar-refractivity contribution is -0.133. The van der Waals surface area contributed by atoms with Crippen LogP contribution in [-0.2, 0) is 9.53 Å². The average molecular weight is 215 g/mol. The number of nitrogens with one attached hydrogen (secondary N) is 1. The van der Waals surface area contributed by atoms with E-state index in [0.29, 0.717) is 0 Å². The molecular weight excluding hydrogens is 194 g/mol. The number of hydrogen-bond acceptors (Lipinski definition) is 3. The number of ether oxygens (including phenoxy) is 1. The number of rotatable bonds is 4. The van der Waals surface area contributed by atoms with Crippen LogP contribution in [0.3, 0.4) is 0 Å². The molecule has 1 unspecified atom stereocenters. The largest absolute Gasteiger partial charge is 0.394 e. The molecule has 0 radical (unpaired) electrons. The van der Waals surface area contributed by atoms with Gasteiger partial charge in [-0.2, -0.15) is 0 Å². The highest BCUT2D eigenvalue weighted by molar-refractivity contribution is 5.81. The van der Waals surface area contributed by atoms with Crippen LogP contribution < -0.4 is 5.32 Å². The number of carbonyl (C=O) groups is 1. The van der Waals surface area contributed by atoms with Gasteiger partial charge in [0.15, 0.2) is 0 Å². The van der Waals surface area contributed by atoms with Gasteiger partial charge < -0.3 is 15.2 Å². The van der Waals surface area contributed by atoms with Crippen LogP contribution in [0.25, 0.3) is 0 Å². The molecule has 0 aromatic rings. The summed E-state index contributed by atoms with van der Waals surface area (Å²) < 4.78 is 4.95. The Balaban J connectivity index is 2.55.